The van der Waals surface area contributed by atoms with Gasteiger partial charge in [-0.15, -0.1) is 0 Å². The van der Waals surface area contributed by atoms with Crippen LogP contribution < -0.4 is 0 Å². The van der Waals surface area contributed by atoms with Crippen LogP contribution in [0.4, 0.5) is 4.39 Å². The van der Waals surface area contributed by atoms with Crippen molar-refractivity contribution in [1.29, 1.82) is 0 Å². The molecule has 4 rings (SSSR count). The molecule has 0 aliphatic rings. The van der Waals surface area contributed by atoms with Gasteiger partial charge in [-0.1, -0.05) is 36.4 Å². The third-order valence-electron chi connectivity index (χ3n) is 4.44. The molecule has 2 aromatic heterocycles. The Bertz CT molecular complexity index is 1110. The topological polar surface area (TPSA) is 55.1 Å². The highest BCUT2D eigenvalue weighted by atomic mass is 19.1. The molecule has 1 N–H and O–H groups in total. The highest BCUT2D eigenvalue weighted by molar-refractivity contribution is 6.17. The molecule has 5 heteroatoms. The Hall–Kier alpha value is -3.47. The van der Waals surface area contributed by atoms with Crippen LogP contribution in [0.15, 0.2) is 67.0 Å². The van der Waals surface area contributed by atoms with E-state index in [4.69, 9.17) is 0 Å². The van der Waals surface area contributed by atoms with E-state index in [2.05, 4.69) is 4.98 Å². The molecule has 128 valence electrons. The van der Waals surface area contributed by atoms with Crippen LogP contribution >= 0.6 is 0 Å². The first-order valence-electron chi connectivity index (χ1n) is 8.08. The normalized spacial score (nSPS) is 11.0. The molecule has 2 heterocycles. The van der Waals surface area contributed by atoms with Crippen molar-refractivity contribution in [3.05, 3.63) is 83.9 Å². The highest BCUT2D eigenvalue weighted by Gasteiger charge is 2.18. The molecule has 0 saturated carbocycles. The van der Waals surface area contributed by atoms with Crippen molar-refractivity contribution >= 4 is 16.7 Å². The quantitative estimate of drug-likeness (QED) is 0.562. The lowest BCUT2D eigenvalue weighted by Crippen LogP contribution is -2.00. The van der Waals surface area contributed by atoms with Crippen molar-refractivity contribution in [2.45, 2.75) is 0 Å². The fourth-order valence-corrected chi connectivity index (χ4v) is 3.13. The zero-order valence-electron chi connectivity index (χ0n) is 14.0. The summed E-state index contributed by atoms with van der Waals surface area (Å²) in [7, 11) is 1.76. The van der Waals surface area contributed by atoms with Crippen molar-refractivity contribution < 1.29 is 14.3 Å². The summed E-state index contributed by atoms with van der Waals surface area (Å²) in [5, 5.41) is 10.6. The van der Waals surface area contributed by atoms with Gasteiger partial charge in [-0.25, -0.2) is 9.37 Å². The molecule has 4 nitrogen and oxygen atoms in total. The van der Waals surface area contributed by atoms with Crippen LogP contribution in [0, 0.1) is 5.82 Å². The Kier molecular flexibility index (Phi) is 3.77. The number of pyridine rings is 1. The van der Waals surface area contributed by atoms with Gasteiger partial charge in [0.05, 0.1) is 0 Å². The van der Waals surface area contributed by atoms with Crippen molar-refractivity contribution in [2.24, 2.45) is 7.05 Å². The molecule has 0 bridgehead atoms. The molecule has 0 saturated heterocycles. The molecule has 26 heavy (non-hydrogen) atoms. The van der Waals surface area contributed by atoms with Crippen LogP contribution in [0.2, 0.25) is 0 Å². The van der Waals surface area contributed by atoms with Gasteiger partial charge in [0.15, 0.2) is 5.78 Å². The summed E-state index contributed by atoms with van der Waals surface area (Å²) in [6.45, 7) is 0. The van der Waals surface area contributed by atoms with E-state index in [1.807, 2.05) is 12.1 Å². The largest absolute Gasteiger partial charge is 0.492 e. The van der Waals surface area contributed by atoms with Gasteiger partial charge in [-0.3, -0.25) is 4.79 Å². The Morgan fingerprint density at radius 3 is 2.27 bits per heavy atom. The van der Waals surface area contributed by atoms with Crippen LogP contribution in [-0.2, 0) is 7.05 Å². The van der Waals surface area contributed by atoms with Crippen LogP contribution in [0.3, 0.4) is 0 Å². The smallest absolute Gasteiger partial charge is 0.236 e. The van der Waals surface area contributed by atoms with Crippen LogP contribution in [0.5, 0.6) is 5.88 Å². The Labute approximate surface area is 149 Å². The molecule has 0 amide bonds. The van der Waals surface area contributed by atoms with E-state index in [0.717, 1.165) is 11.1 Å². The fraction of sp³-hybridized carbons (Fsp3) is 0.0476. The molecule has 0 radical (unpaired) electrons. The molecule has 0 unspecified atom stereocenters. The number of fused-ring (bicyclic) bond motifs is 1. The molecule has 2 aromatic carbocycles. The second kappa shape index (κ2) is 6.11. The van der Waals surface area contributed by atoms with Gasteiger partial charge in [-0.2, -0.15) is 0 Å². The Morgan fingerprint density at radius 1 is 1.00 bits per heavy atom. The number of carbonyl (C=O) groups is 1. The van der Waals surface area contributed by atoms with Crippen molar-refractivity contribution in [2.75, 3.05) is 0 Å². The number of ketones is 1. The average Bonchev–Trinajstić information content (AvgIpc) is 3.00. The maximum absolute atomic E-state index is 13.0. The van der Waals surface area contributed by atoms with Gasteiger partial charge in [0.2, 0.25) is 5.88 Å². The minimum atomic E-state index is -0.283. The first kappa shape index (κ1) is 16.0. The van der Waals surface area contributed by atoms with Gasteiger partial charge in [-0.05, 0) is 29.3 Å². The summed E-state index contributed by atoms with van der Waals surface area (Å²) in [6.07, 6.45) is 3.17. The summed E-state index contributed by atoms with van der Waals surface area (Å²) in [5.74, 6) is -0.517. The highest BCUT2D eigenvalue weighted by Crippen LogP contribution is 2.28. The monoisotopic (exact) mass is 346 g/mol. The summed E-state index contributed by atoms with van der Waals surface area (Å²) >= 11 is 0. The van der Waals surface area contributed by atoms with E-state index in [1.54, 1.807) is 48.1 Å². The van der Waals surface area contributed by atoms with E-state index >= 15 is 0 Å². The number of carbonyl (C=O) groups excluding carboxylic acids is 1. The van der Waals surface area contributed by atoms with Crippen LogP contribution in [0.1, 0.15) is 15.9 Å². The summed E-state index contributed by atoms with van der Waals surface area (Å²) in [4.78, 5) is 16.8. The maximum atomic E-state index is 13.0. The van der Waals surface area contributed by atoms with Gasteiger partial charge in [0.25, 0.3) is 0 Å². The number of nitrogens with zero attached hydrogens (tertiary/aromatic N) is 2. The van der Waals surface area contributed by atoms with Crippen molar-refractivity contribution in [3.8, 4) is 17.0 Å². The van der Waals surface area contributed by atoms with Crippen LogP contribution in [-0.4, -0.2) is 20.4 Å². The summed E-state index contributed by atoms with van der Waals surface area (Å²) in [5.41, 5.74) is 3.36. The van der Waals surface area contributed by atoms with E-state index in [0.29, 0.717) is 22.0 Å². The van der Waals surface area contributed by atoms with Crippen molar-refractivity contribution in [3.63, 3.8) is 0 Å². The Morgan fingerprint density at radius 2 is 1.62 bits per heavy atom. The number of aryl methyl sites for hydroxylation is 1. The maximum Gasteiger partial charge on any atom is 0.236 e. The minimum absolute atomic E-state index is 0.101. The van der Waals surface area contributed by atoms with Gasteiger partial charge >= 0.3 is 0 Å². The lowest BCUT2D eigenvalue weighted by Gasteiger charge is -2.04. The summed E-state index contributed by atoms with van der Waals surface area (Å²) < 4.78 is 14.7. The molecular formula is C21H15FN2O2. The number of benzene rings is 2. The third-order valence-corrected chi connectivity index (χ3v) is 4.44. The minimum Gasteiger partial charge on any atom is -0.492 e. The SMILES string of the molecule is Cn1cc(C(=O)c2ccc(-c3ccc(F)cc3)cc2)c2ccnc(O)c21. The molecular weight excluding hydrogens is 331 g/mol. The van der Waals surface area contributed by atoms with Gasteiger partial charge in [0.1, 0.15) is 11.3 Å². The molecule has 0 fully saturated rings. The number of hydrogen-bond acceptors (Lipinski definition) is 3. The molecule has 4 aromatic rings. The van der Waals surface area contributed by atoms with Crippen molar-refractivity contribution in [1.82, 2.24) is 9.55 Å². The predicted octanol–water partition coefficient (Wildman–Crippen LogP) is 4.32. The molecule has 0 atom stereocenters. The molecule has 0 aliphatic heterocycles. The van der Waals surface area contributed by atoms with E-state index in [9.17, 15) is 14.3 Å². The van der Waals surface area contributed by atoms with E-state index in [1.165, 1.54) is 18.3 Å². The zero-order chi connectivity index (χ0) is 18.3. The zero-order valence-corrected chi connectivity index (χ0v) is 14.0. The average molecular weight is 346 g/mol. The predicted molar refractivity (Wildman–Crippen MR) is 97.6 cm³/mol. The standard InChI is InChI=1S/C21H15FN2O2/c1-24-12-18(17-10-11-23-21(26)19(17)24)20(25)15-4-2-13(3-5-15)14-6-8-16(22)9-7-14/h2-12H,1H3,(H,23,26). The van der Waals surface area contributed by atoms with Gasteiger partial charge < -0.3 is 9.67 Å². The lowest BCUT2D eigenvalue weighted by molar-refractivity contribution is 0.104. The number of hydrogen-bond donors (Lipinski definition) is 1. The third kappa shape index (κ3) is 2.63. The number of aromatic nitrogens is 2. The van der Waals surface area contributed by atoms with E-state index < -0.39 is 0 Å². The number of rotatable bonds is 3. The summed E-state index contributed by atoms with van der Waals surface area (Å²) in [6, 6.07) is 15.1. The van der Waals surface area contributed by atoms with Crippen LogP contribution in [0.25, 0.3) is 22.0 Å². The molecule has 0 aliphatic carbocycles. The number of aromatic hydroxyl groups is 1. The second-order valence-electron chi connectivity index (χ2n) is 6.10. The fourth-order valence-electron chi connectivity index (χ4n) is 3.13. The first-order valence-corrected chi connectivity index (χ1v) is 8.08. The lowest BCUT2D eigenvalue weighted by atomic mass is 9.99. The molecule has 0 spiro atoms. The van der Waals surface area contributed by atoms with E-state index in [-0.39, 0.29) is 17.5 Å². The Balaban J connectivity index is 1.71. The van der Waals surface area contributed by atoms with Gasteiger partial charge in [0, 0.05) is 36.0 Å². The second-order valence-corrected chi connectivity index (χ2v) is 6.10. The first-order chi connectivity index (χ1) is 12.5. The number of halogens is 1.